The van der Waals surface area contributed by atoms with Crippen LogP contribution in [0, 0.1) is 0 Å². The summed E-state index contributed by atoms with van der Waals surface area (Å²) in [5.74, 6) is 1.08. The van der Waals surface area contributed by atoms with Crippen LogP contribution in [-0.4, -0.2) is 30.1 Å². The SMILES string of the molecule is COc1ccc(OCF)cc1C(=O)Nc1cccc(-c2nnc(-c3ccco3)o2)c1. The molecule has 0 aliphatic heterocycles. The molecule has 0 atom stereocenters. The lowest BCUT2D eigenvalue weighted by Crippen LogP contribution is -2.13. The van der Waals surface area contributed by atoms with Crippen LogP contribution in [0.15, 0.2) is 69.7 Å². The number of amides is 1. The molecular weight excluding hydrogens is 393 g/mol. The Morgan fingerprint density at radius 1 is 1.10 bits per heavy atom. The summed E-state index contributed by atoms with van der Waals surface area (Å²) < 4.78 is 33.4. The van der Waals surface area contributed by atoms with Gasteiger partial charge in [0.05, 0.1) is 18.9 Å². The highest BCUT2D eigenvalue weighted by atomic mass is 19.1. The second-order valence-corrected chi connectivity index (χ2v) is 6.04. The van der Waals surface area contributed by atoms with Crippen LogP contribution in [0.1, 0.15) is 10.4 Å². The van der Waals surface area contributed by atoms with Crippen LogP contribution in [0.3, 0.4) is 0 Å². The van der Waals surface area contributed by atoms with E-state index in [0.717, 1.165) is 0 Å². The highest BCUT2D eigenvalue weighted by molar-refractivity contribution is 6.06. The molecule has 9 heteroatoms. The third-order valence-corrected chi connectivity index (χ3v) is 4.16. The van der Waals surface area contributed by atoms with Crippen molar-refractivity contribution in [3.63, 3.8) is 0 Å². The Morgan fingerprint density at radius 3 is 2.73 bits per heavy atom. The molecule has 0 aliphatic rings. The third kappa shape index (κ3) is 4.00. The van der Waals surface area contributed by atoms with Crippen molar-refractivity contribution in [3.8, 4) is 34.6 Å². The Balaban J connectivity index is 1.56. The van der Waals surface area contributed by atoms with Crippen molar-refractivity contribution in [1.29, 1.82) is 0 Å². The van der Waals surface area contributed by atoms with Crippen LogP contribution in [0.5, 0.6) is 11.5 Å². The number of hydrogen-bond acceptors (Lipinski definition) is 7. The van der Waals surface area contributed by atoms with Gasteiger partial charge >= 0.3 is 0 Å². The first-order valence-corrected chi connectivity index (χ1v) is 8.84. The zero-order chi connectivity index (χ0) is 20.9. The number of aromatic nitrogens is 2. The van der Waals surface area contributed by atoms with E-state index in [2.05, 4.69) is 15.5 Å². The van der Waals surface area contributed by atoms with Crippen LogP contribution < -0.4 is 14.8 Å². The molecule has 152 valence electrons. The summed E-state index contributed by atoms with van der Waals surface area (Å²) in [6.45, 7) is -1.00. The van der Waals surface area contributed by atoms with Gasteiger partial charge < -0.3 is 23.6 Å². The number of rotatable bonds is 7. The predicted molar refractivity (Wildman–Crippen MR) is 105 cm³/mol. The number of carbonyl (C=O) groups excluding carboxylic acids is 1. The lowest BCUT2D eigenvalue weighted by Gasteiger charge is -2.11. The topological polar surface area (TPSA) is 99.6 Å². The highest BCUT2D eigenvalue weighted by Gasteiger charge is 2.16. The molecule has 8 nitrogen and oxygen atoms in total. The molecule has 1 amide bonds. The van der Waals surface area contributed by atoms with Gasteiger partial charge in [0.25, 0.3) is 11.8 Å². The van der Waals surface area contributed by atoms with Crippen molar-refractivity contribution >= 4 is 11.6 Å². The van der Waals surface area contributed by atoms with Crippen molar-refractivity contribution in [2.45, 2.75) is 0 Å². The fraction of sp³-hybridized carbons (Fsp3) is 0.0952. The van der Waals surface area contributed by atoms with Gasteiger partial charge in [-0.2, -0.15) is 0 Å². The third-order valence-electron chi connectivity index (χ3n) is 4.16. The number of alkyl halides is 1. The van der Waals surface area contributed by atoms with E-state index in [1.807, 2.05) is 0 Å². The predicted octanol–water partition coefficient (Wildman–Crippen LogP) is 4.56. The van der Waals surface area contributed by atoms with E-state index in [9.17, 15) is 9.18 Å². The molecule has 2 aromatic heterocycles. The van der Waals surface area contributed by atoms with Crippen LogP contribution in [0.25, 0.3) is 23.1 Å². The molecule has 0 spiro atoms. The minimum Gasteiger partial charge on any atom is -0.496 e. The monoisotopic (exact) mass is 409 g/mol. The van der Waals surface area contributed by atoms with E-state index in [4.69, 9.17) is 18.3 Å². The normalized spacial score (nSPS) is 10.6. The number of furan rings is 1. The van der Waals surface area contributed by atoms with Gasteiger partial charge in [0, 0.05) is 11.3 Å². The minimum absolute atomic E-state index is 0.201. The summed E-state index contributed by atoms with van der Waals surface area (Å²) in [4.78, 5) is 12.8. The quantitative estimate of drug-likeness (QED) is 0.477. The summed E-state index contributed by atoms with van der Waals surface area (Å²) in [5.41, 5.74) is 1.31. The molecule has 0 fully saturated rings. The maximum atomic E-state index is 12.8. The van der Waals surface area contributed by atoms with Gasteiger partial charge in [0.1, 0.15) is 11.5 Å². The van der Waals surface area contributed by atoms with E-state index < -0.39 is 12.8 Å². The minimum atomic E-state index is -1.00. The number of halogens is 1. The Hall–Kier alpha value is -4.14. The van der Waals surface area contributed by atoms with Crippen LogP contribution in [-0.2, 0) is 0 Å². The number of nitrogens with zero attached hydrogens (tertiary/aromatic N) is 2. The zero-order valence-corrected chi connectivity index (χ0v) is 15.8. The number of anilines is 1. The average molecular weight is 409 g/mol. The fourth-order valence-electron chi connectivity index (χ4n) is 2.79. The van der Waals surface area contributed by atoms with Gasteiger partial charge in [-0.1, -0.05) is 6.07 Å². The zero-order valence-electron chi connectivity index (χ0n) is 15.8. The lowest BCUT2D eigenvalue weighted by molar-refractivity contribution is 0.102. The summed E-state index contributed by atoms with van der Waals surface area (Å²) in [7, 11) is 1.44. The Labute approximate surface area is 170 Å². The largest absolute Gasteiger partial charge is 0.496 e. The van der Waals surface area contributed by atoms with Gasteiger partial charge in [-0.25, -0.2) is 4.39 Å². The number of benzene rings is 2. The van der Waals surface area contributed by atoms with E-state index in [-0.39, 0.29) is 23.1 Å². The van der Waals surface area contributed by atoms with Crippen molar-refractivity contribution in [1.82, 2.24) is 10.2 Å². The molecule has 1 N–H and O–H groups in total. The first-order chi connectivity index (χ1) is 14.7. The summed E-state index contributed by atoms with van der Waals surface area (Å²) in [6.07, 6.45) is 1.51. The van der Waals surface area contributed by atoms with E-state index in [0.29, 0.717) is 22.8 Å². The molecule has 4 aromatic rings. The molecule has 0 saturated carbocycles. The lowest BCUT2D eigenvalue weighted by atomic mass is 10.1. The second kappa shape index (κ2) is 8.48. The first-order valence-electron chi connectivity index (χ1n) is 8.84. The van der Waals surface area contributed by atoms with Crippen molar-refractivity contribution in [2.24, 2.45) is 0 Å². The smallest absolute Gasteiger partial charge is 0.283 e. The highest BCUT2D eigenvalue weighted by Crippen LogP contribution is 2.28. The molecule has 0 bridgehead atoms. The fourth-order valence-corrected chi connectivity index (χ4v) is 2.79. The molecule has 0 aliphatic carbocycles. The number of methoxy groups -OCH3 is 1. The molecule has 4 rings (SSSR count). The van der Waals surface area contributed by atoms with Crippen LogP contribution >= 0.6 is 0 Å². The van der Waals surface area contributed by atoms with Gasteiger partial charge in [0.2, 0.25) is 12.8 Å². The number of carbonyl (C=O) groups is 1. The second-order valence-electron chi connectivity index (χ2n) is 6.04. The van der Waals surface area contributed by atoms with Gasteiger partial charge in [-0.3, -0.25) is 4.79 Å². The summed E-state index contributed by atoms with van der Waals surface area (Å²) >= 11 is 0. The van der Waals surface area contributed by atoms with E-state index >= 15 is 0 Å². The number of nitrogens with one attached hydrogen (secondary N) is 1. The van der Waals surface area contributed by atoms with Gasteiger partial charge in [-0.15, -0.1) is 10.2 Å². The summed E-state index contributed by atoms with van der Waals surface area (Å²) in [6, 6.07) is 14.8. The number of ether oxygens (including phenoxy) is 2. The molecule has 2 aromatic carbocycles. The van der Waals surface area contributed by atoms with Crippen LogP contribution in [0.4, 0.5) is 10.1 Å². The van der Waals surface area contributed by atoms with Crippen LogP contribution in [0.2, 0.25) is 0 Å². The molecule has 0 saturated heterocycles. The van der Waals surface area contributed by atoms with Crippen molar-refractivity contribution in [2.75, 3.05) is 19.3 Å². The van der Waals surface area contributed by atoms with Gasteiger partial charge in [-0.05, 0) is 48.5 Å². The van der Waals surface area contributed by atoms with Crippen molar-refractivity contribution < 1.29 is 27.5 Å². The molecule has 30 heavy (non-hydrogen) atoms. The first kappa shape index (κ1) is 19.2. The standard InChI is InChI=1S/C21H16FN3O5/c1-27-17-8-7-15(29-12-22)11-16(17)19(26)23-14-5-2-4-13(10-14)20-24-25-21(30-20)18-6-3-9-28-18/h2-11H,12H2,1H3,(H,23,26). The Morgan fingerprint density at radius 2 is 1.97 bits per heavy atom. The van der Waals surface area contributed by atoms with Crippen molar-refractivity contribution in [3.05, 3.63) is 66.4 Å². The maximum absolute atomic E-state index is 12.8. The Bertz CT molecular complexity index is 1160. The molecule has 2 heterocycles. The molecule has 0 unspecified atom stereocenters. The number of hydrogen-bond donors (Lipinski definition) is 1. The maximum Gasteiger partial charge on any atom is 0.283 e. The molecular formula is C21H16FN3O5. The van der Waals surface area contributed by atoms with Gasteiger partial charge in [0.15, 0.2) is 5.76 Å². The Kier molecular flexibility index (Phi) is 5.42. The van der Waals surface area contributed by atoms with E-state index in [1.165, 1.54) is 31.6 Å². The summed E-state index contributed by atoms with van der Waals surface area (Å²) in [5, 5.41) is 10.8. The average Bonchev–Trinajstić information content (AvgIpc) is 3.46. The molecule has 0 radical (unpaired) electrons. The van der Waals surface area contributed by atoms with E-state index in [1.54, 1.807) is 36.4 Å².